The molecule has 2 saturated heterocycles. The Morgan fingerprint density at radius 2 is 1.86 bits per heavy atom. The lowest BCUT2D eigenvalue weighted by Crippen LogP contribution is -2.73. The summed E-state index contributed by atoms with van der Waals surface area (Å²) in [4.78, 5) is 13.4. The van der Waals surface area contributed by atoms with E-state index >= 15 is 0 Å². The Morgan fingerprint density at radius 1 is 1.25 bits per heavy atom. The Bertz CT molecular complexity index is 752. The van der Waals surface area contributed by atoms with Gasteiger partial charge in [-0.2, -0.15) is 0 Å². The second-order valence-corrected chi connectivity index (χ2v) is 15.9. The van der Waals surface area contributed by atoms with Gasteiger partial charge in [-0.1, -0.05) is 20.8 Å². The van der Waals surface area contributed by atoms with Crippen molar-refractivity contribution in [1.82, 2.24) is 0 Å². The molecular weight excluding hydrogens is 376 g/mol. The number of aliphatic hydroxyl groups is 2. The van der Waals surface area contributed by atoms with Crippen LogP contribution in [0, 0.1) is 11.3 Å². The van der Waals surface area contributed by atoms with E-state index in [4.69, 9.17) is 13.9 Å². The van der Waals surface area contributed by atoms with Gasteiger partial charge in [-0.3, -0.25) is 4.79 Å². The number of esters is 1. The van der Waals surface area contributed by atoms with Gasteiger partial charge in [-0.25, -0.2) is 0 Å². The number of carbonyl (C=O) groups is 1. The molecule has 2 heterocycles. The molecule has 2 spiro atoms. The van der Waals surface area contributed by atoms with E-state index < -0.39 is 55.3 Å². The second kappa shape index (κ2) is 5.49. The first-order valence-electron chi connectivity index (χ1n) is 10.3. The zero-order chi connectivity index (χ0) is 21.1. The molecule has 28 heavy (non-hydrogen) atoms. The average molecular weight is 411 g/mol. The van der Waals surface area contributed by atoms with Crippen LogP contribution in [-0.4, -0.2) is 60.1 Å². The Balaban J connectivity index is 1.93. The third kappa shape index (κ3) is 2.10. The maximum atomic E-state index is 13.4. The summed E-state index contributed by atoms with van der Waals surface area (Å²) in [7, 11) is -2.30. The number of aliphatic hydroxyl groups excluding tert-OH is 2. The van der Waals surface area contributed by atoms with Crippen LogP contribution in [0.15, 0.2) is 11.6 Å². The smallest absolute Gasteiger partial charge is 0.321 e. The molecule has 158 valence electrons. The van der Waals surface area contributed by atoms with Crippen molar-refractivity contribution in [2.24, 2.45) is 11.3 Å². The molecule has 4 aliphatic rings. The first-order valence-corrected chi connectivity index (χ1v) is 13.2. The van der Waals surface area contributed by atoms with Gasteiger partial charge in [0.05, 0.1) is 17.8 Å². The first-order chi connectivity index (χ1) is 12.6. The fraction of sp³-hybridized carbons (Fsp3) is 0.857. The summed E-state index contributed by atoms with van der Waals surface area (Å²) < 4.78 is 19.0. The van der Waals surface area contributed by atoms with E-state index in [1.807, 2.05) is 26.8 Å². The molecule has 0 aromatic heterocycles. The van der Waals surface area contributed by atoms with E-state index in [2.05, 4.69) is 33.9 Å². The Morgan fingerprint density at radius 3 is 2.43 bits per heavy atom. The summed E-state index contributed by atoms with van der Waals surface area (Å²) >= 11 is 0. The molecule has 0 unspecified atom stereocenters. The molecule has 0 radical (unpaired) electrons. The van der Waals surface area contributed by atoms with Crippen LogP contribution in [0.1, 0.15) is 48.0 Å². The molecule has 2 N–H and O–H groups in total. The fourth-order valence-electron chi connectivity index (χ4n) is 5.76. The van der Waals surface area contributed by atoms with Gasteiger partial charge >= 0.3 is 5.97 Å². The lowest BCUT2D eigenvalue weighted by molar-refractivity contribution is -0.221. The highest BCUT2D eigenvalue weighted by molar-refractivity contribution is 6.74. The highest BCUT2D eigenvalue weighted by atomic mass is 28.4. The third-order valence-electron chi connectivity index (χ3n) is 8.29. The molecule has 3 fully saturated rings. The largest absolute Gasteiger partial charge is 0.455 e. The molecule has 0 aromatic carbocycles. The van der Waals surface area contributed by atoms with Gasteiger partial charge in [-0.15, -0.1) is 0 Å². The van der Waals surface area contributed by atoms with Gasteiger partial charge < -0.3 is 24.1 Å². The topological polar surface area (TPSA) is 85.2 Å². The summed E-state index contributed by atoms with van der Waals surface area (Å²) in [6.45, 7) is 16.4. The highest BCUT2D eigenvalue weighted by Crippen LogP contribution is 2.68. The van der Waals surface area contributed by atoms with E-state index in [0.717, 1.165) is 5.57 Å². The van der Waals surface area contributed by atoms with E-state index in [0.29, 0.717) is 0 Å². The second-order valence-electron chi connectivity index (χ2n) is 11.1. The van der Waals surface area contributed by atoms with Crippen LogP contribution in [0.2, 0.25) is 18.1 Å². The predicted octanol–water partition coefficient (Wildman–Crippen LogP) is 2.54. The number of carbonyl (C=O) groups excluding carboxylic acids is 1. The Kier molecular flexibility index (Phi) is 4.03. The van der Waals surface area contributed by atoms with Crippen LogP contribution >= 0.6 is 0 Å². The van der Waals surface area contributed by atoms with Crippen LogP contribution in [0.5, 0.6) is 0 Å². The maximum Gasteiger partial charge on any atom is 0.321 e. The van der Waals surface area contributed by atoms with Gasteiger partial charge in [0, 0.05) is 5.92 Å². The molecular formula is C21H34O6Si. The number of hydrogen-bond acceptors (Lipinski definition) is 6. The van der Waals surface area contributed by atoms with Gasteiger partial charge in [-0.05, 0) is 57.0 Å². The van der Waals surface area contributed by atoms with Crippen LogP contribution in [-0.2, 0) is 18.7 Å². The Labute approximate surface area is 168 Å². The zero-order valence-electron chi connectivity index (χ0n) is 18.2. The van der Waals surface area contributed by atoms with Crippen molar-refractivity contribution in [3.63, 3.8) is 0 Å². The normalized spacial score (nSPS) is 46.9. The van der Waals surface area contributed by atoms with Crippen molar-refractivity contribution in [2.75, 3.05) is 0 Å². The van der Waals surface area contributed by atoms with Gasteiger partial charge in [0.2, 0.25) is 0 Å². The number of hydrogen-bond donors (Lipinski definition) is 2. The minimum absolute atomic E-state index is 0.0773. The molecule has 4 rings (SSSR count). The van der Waals surface area contributed by atoms with Crippen LogP contribution in [0.25, 0.3) is 0 Å². The van der Waals surface area contributed by atoms with Crippen LogP contribution < -0.4 is 0 Å². The summed E-state index contributed by atoms with van der Waals surface area (Å²) in [5, 5.41) is 22.7. The molecule has 0 amide bonds. The number of rotatable bonds is 2. The van der Waals surface area contributed by atoms with E-state index in [9.17, 15) is 15.0 Å². The minimum Gasteiger partial charge on any atom is -0.455 e. The molecule has 1 saturated carbocycles. The molecule has 7 atom stereocenters. The lowest BCUT2D eigenvalue weighted by atomic mass is 9.51. The molecule has 4 bridgehead atoms. The van der Waals surface area contributed by atoms with E-state index in [-0.39, 0.29) is 17.4 Å². The molecule has 0 aromatic rings. The molecule has 7 heteroatoms. The molecule has 2 aliphatic carbocycles. The maximum absolute atomic E-state index is 13.4. The summed E-state index contributed by atoms with van der Waals surface area (Å²) in [5.74, 6) is -0.785. The van der Waals surface area contributed by atoms with Crippen molar-refractivity contribution in [1.29, 1.82) is 0 Å². The van der Waals surface area contributed by atoms with Crippen LogP contribution in [0.3, 0.4) is 0 Å². The van der Waals surface area contributed by atoms with E-state index in [1.165, 1.54) is 0 Å². The van der Waals surface area contributed by atoms with Crippen molar-refractivity contribution >= 4 is 14.3 Å². The highest BCUT2D eigenvalue weighted by Gasteiger charge is 2.84. The molecule has 6 nitrogen and oxygen atoms in total. The number of fused-ring (bicyclic) bond motifs is 2. The van der Waals surface area contributed by atoms with Crippen molar-refractivity contribution in [2.45, 2.75) is 102 Å². The first kappa shape index (κ1) is 20.5. The standard InChI is InChI=1S/C21H34O6Si/c1-11-9-13-16(26-28(7,8)18(2,3)4)20(17(24)25-13)14(22)10-12-15(23)21(11,20)27-19(12,5)6/h9,12-16,22-23H,10H2,1-8H3/t12-,13-,14+,15-,16+,20-,21-/m1/s1. The Hall–Kier alpha value is -0.733. The zero-order valence-corrected chi connectivity index (χ0v) is 19.2. The van der Waals surface area contributed by atoms with Crippen molar-refractivity contribution in [3.05, 3.63) is 11.6 Å². The monoisotopic (exact) mass is 410 g/mol. The van der Waals surface area contributed by atoms with Crippen molar-refractivity contribution < 1.29 is 28.9 Å². The van der Waals surface area contributed by atoms with Crippen LogP contribution in [0.4, 0.5) is 0 Å². The van der Waals surface area contributed by atoms with E-state index in [1.54, 1.807) is 0 Å². The SMILES string of the molecule is CC1=C[C@H]2OC(=O)[C@@]3([C@@H](O)C[C@@H]4[C@@H](O)[C@]13OC4(C)C)[C@H]2O[Si](C)(C)C(C)(C)C. The van der Waals surface area contributed by atoms with Gasteiger partial charge in [0.15, 0.2) is 13.7 Å². The van der Waals surface area contributed by atoms with Crippen molar-refractivity contribution in [3.8, 4) is 0 Å². The molecule has 2 aliphatic heterocycles. The minimum atomic E-state index is -2.30. The average Bonchev–Trinajstić information content (AvgIpc) is 2.80. The fourth-order valence-corrected chi connectivity index (χ4v) is 7.07. The van der Waals surface area contributed by atoms with Gasteiger partial charge in [0.25, 0.3) is 0 Å². The number of ether oxygens (including phenoxy) is 2. The van der Waals surface area contributed by atoms with Gasteiger partial charge in [0.1, 0.15) is 17.8 Å². The third-order valence-corrected chi connectivity index (χ3v) is 12.7. The lowest BCUT2D eigenvalue weighted by Gasteiger charge is -2.56. The summed E-state index contributed by atoms with van der Waals surface area (Å²) in [6, 6.07) is 0. The summed E-state index contributed by atoms with van der Waals surface area (Å²) in [6.07, 6.45) is -1.01. The quantitative estimate of drug-likeness (QED) is 0.413. The summed E-state index contributed by atoms with van der Waals surface area (Å²) in [5.41, 5.74) is -2.69. The predicted molar refractivity (Wildman–Crippen MR) is 106 cm³/mol.